The summed E-state index contributed by atoms with van der Waals surface area (Å²) >= 11 is 11.0. The lowest BCUT2D eigenvalue weighted by molar-refractivity contribution is 0.0978. The molecule has 0 aliphatic heterocycles. The van der Waals surface area contributed by atoms with Crippen LogP contribution in [0.15, 0.2) is 59.0 Å². The number of hydrogen-bond acceptors (Lipinski definition) is 5. The zero-order valence-electron chi connectivity index (χ0n) is 16.1. The predicted octanol–water partition coefficient (Wildman–Crippen LogP) is 5.43. The van der Waals surface area contributed by atoms with E-state index < -0.39 is 11.7 Å². The van der Waals surface area contributed by atoms with Gasteiger partial charge in [0.05, 0.1) is 16.1 Å². The molecule has 0 aliphatic rings. The predicted molar refractivity (Wildman–Crippen MR) is 121 cm³/mol. The summed E-state index contributed by atoms with van der Waals surface area (Å²) in [5, 5.41) is 15.6. The van der Waals surface area contributed by atoms with E-state index in [1.807, 2.05) is 25.1 Å². The minimum Gasteiger partial charge on any atom is -0.507 e. The van der Waals surface area contributed by atoms with Gasteiger partial charge in [0.1, 0.15) is 17.1 Å². The van der Waals surface area contributed by atoms with E-state index in [2.05, 4.69) is 15.6 Å². The number of hydrogen-bond donors (Lipinski definition) is 3. The molecule has 0 fully saturated rings. The first kappa shape index (κ1) is 20.8. The zero-order valence-corrected chi connectivity index (χ0v) is 17.6. The smallest absolute Gasteiger partial charge is 0.258 e. The molecule has 1 aromatic heterocycles. The summed E-state index contributed by atoms with van der Waals surface area (Å²) < 4.78 is 18.9. The molecule has 1 amide bonds. The Bertz CT molecular complexity index is 1340. The molecule has 0 radical (unpaired) electrons. The Balaban J connectivity index is 1.48. The van der Waals surface area contributed by atoms with Crippen LogP contribution in [0.4, 0.5) is 10.1 Å². The number of nitrogens with one attached hydrogen (secondary N) is 2. The lowest BCUT2D eigenvalue weighted by Gasteiger charge is -2.11. The average Bonchev–Trinajstić information content (AvgIpc) is 3.10. The van der Waals surface area contributed by atoms with E-state index >= 15 is 0 Å². The van der Waals surface area contributed by atoms with Gasteiger partial charge in [-0.15, -0.1) is 0 Å². The third-order valence-electron chi connectivity index (χ3n) is 4.43. The van der Waals surface area contributed by atoms with Crippen molar-refractivity contribution in [3.8, 4) is 17.2 Å². The number of fused-ring (bicyclic) bond motifs is 1. The summed E-state index contributed by atoms with van der Waals surface area (Å²) in [6, 6.07) is 13.8. The van der Waals surface area contributed by atoms with E-state index in [1.165, 1.54) is 12.1 Å². The number of aryl methyl sites for hydroxylation is 1. The number of rotatable bonds is 3. The van der Waals surface area contributed by atoms with Crippen molar-refractivity contribution in [2.45, 2.75) is 6.92 Å². The third kappa shape index (κ3) is 4.50. The summed E-state index contributed by atoms with van der Waals surface area (Å²) in [7, 11) is 0. The number of benzene rings is 3. The Morgan fingerprint density at radius 1 is 1.16 bits per heavy atom. The van der Waals surface area contributed by atoms with Crippen molar-refractivity contribution in [2.75, 3.05) is 5.32 Å². The third-order valence-corrected chi connectivity index (χ3v) is 4.95. The van der Waals surface area contributed by atoms with Crippen molar-refractivity contribution < 1.29 is 18.7 Å². The number of carbonyl (C=O) groups is 1. The number of aromatic nitrogens is 1. The first-order valence-corrected chi connectivity index (χ1v) is 9.87. The van der Waals surface area contributed by atoms with Crippen LogP contribution in [-0.4, -0.2) is 21.1 Å². The van der Waals surface area contributed by atoms with E-state index in [-0.39, 0.29) is 27.3 Å². The number of phenols is 1. The standard InChI is InChI=1S/C22H15ClFN3O3S/c1-11-2-7-19-17(8-11)26-21(30-19)15-6-4-13(10-18(15)28)25-22(31)27-20(29)14-5-3-12(24)9-16(14)23/h2-10,28H,1H3,(H2,25,27,29,31). The van der Waals surface area contributed by atoms with Crippen molar-refractivity contribution >= 4 is 51.6 Å². The fourth-order valence-electron chi connectivity index (χ4n) is 2.95. The lowest BCUT2D eigenvalue weighted by atomic mass is 10.2. The summed E-state index contributed by atoms with van der Waals surface area (Å²) in [6.45, 7) is 1.96. The number of amides is 1. The van der Waals surface area contributed by atoms with Crippen LogP contribution in [0.25, 0.3) is 22.6 Å². The lowest BCUT2D eigenvalue weighted by Crippen LogP contribution is -2.34. The van der Waals surface area contributed by atoms with Crippen molar-refractivity contribution in [1.29, 1.82) is 0 Å². The maximum absolute atomic E-state index is 13.1. The van der Waals surface area contributed by atoms with Gasteiger partial charge in [-0.2, -0.15) is 0 Å². The highest BCUT2D eigenvalue weighted by atomic mass is 35.5. The highest BCUT2D eigenvalue weighted by molar-refractivity contribution is 7.80. The molecule has 0 bridgehead atoms. The number of anilines is 1. The molecular formula is C22H15ClFN3O3S. The SMILES string of the molecule is Cc1ccc2oc(-c3ccc(NC(=S)NC(=O)c4ccc(F)cc4Cl)cc3O)nc2c1. The monoisotopic (exact) mass is 455 g/mol. The average molecular weight is 456 g/mol. The van der Waals surface area contributed by atoms with Gasteiger partial charge in [0.2, 0.25) is 5.89 Å². The number of thiocarbonyl (C=S) groups is 1. The molecule has 0 unspecified atom stereocenters. The van der Waals surface area contributed by atoms with E-state index in [0.717, 1.165) is 17.7 Å². The molecule has 3 N–H and O–H groups in total. The van der Waals surface area contributed by atoms with Crippen LogP contribution < -0.4 is 10.6 Å². The molecule has 0 spiro atoms. The van der Waals surface area contributed by atoms with Crippen LogP contribution in [-0.2, 0) is 0 Å². The topological polar surface area (TPSA) is 87.4 Å². The number of nitrogens with zero attached hydrogens (tertiary/aromatic N) is 1. The molecule has 4 rings (SSSR count). The molecule has 0 saturated heterocycles. The molecule has 156 valence electrons. The van der Waals surface area contributed by atoms with Gasteiger partial charge in [-0.25, -0.2) is 9.37 Å². The molecule has 4 aromatic rings. The molecule has 0 saturated carbocycles. The van der Waals surface area contributed by atoms with Gasteiger partial charge in [-0.05, 0) is 67.2 Å². The molecular weight excluding hydrogens is 441 g/mol. The number of oxazole rings is 1. The van der Waals surface area contributed by atoms with E-state index in [4.69, 9.17) is 28.2 Å². The van der Waals surface area contributed by atoms with Crippen molar-refractivity contribution in [1.82, 2.24) is 10.3 Å². The molecule has 31 heavy (non-hydrogen) atoms. The molecule has 9 heteroatoms. The maximum Gasteiger partial charge on any atom is 0.258 e. The number of halogens is 2. The maximum atomic E-state index is 13.1. The van der Waals surface area contributed by atoms with E-state index in [0.29, 0.717) is 22.4 Å². The number of aromatic hydroxyl groups is 1. The normalized spacial score (nSPS) is 10.8. The van der Waals surface area contributed by atoms with Crippen molar-refractivity contribution in [3.05, 3.63) is 76.6 Å². The Kier molecular flexibility index (Phi) is 5.58. The van der Waals surface area contributed by atoms with Gasteiger partial charge in [0.15, 0.2) is 10.7 Å². The first-order chi connectivity index (χ1) is 14.8. The van der Waals surface area contributed by atoms with Crippen LogP contribution in [0.1, 0.15) is 15.9 Å². The van der Waals surface area contributed by atoms with Crippen LogP contribution in [0.5, 0.6) is 5.75 Å². The summed E-state index contributed by atoms with van der Waals surface area (Å²) in [5.74, 6) is -0.938. The van der Waals surface area contributed by atoms with Crippen LogP contribution >= 0.6 is 23.8 Å². The number of phenolic OH excluding ortho intramolecular Hbond substituents is 1. The second kappa shape index (κ2) is 8.33. The minimum absolute atomic E-state index is 0.0186. The van der Waals surface area contributed by atoms with Gasteiger partial charge in [0, 0.05) is 11.8 Å². The van der Waals surface area contributed by atoms with Gasteiger partial charge in [-0.3, -0.25) is 10.1 Å². The molecule has 1 heterocycles. The second-order valence-corrected chi connectivity index (χ2v) is 7.57. The molecule has 3 aromatic carbocycles. The van der Waals surface area contributed by atoms with E-state index in [1.54, 1.807) is 12.1 Å². The molecule has 6 nitrogen and oxygen atoms in total. The fourth-order valence-corrected chi connectivity index (χ4v) is 3.41. The molecule has 0 aliphatic carbocycles. The summed E-state index contributed by atoms with van der Waals surface area (Å²) in [6.07, 6.45) is 0. The van der Waals surface area contributed by atoms with Crippen molar-refractivity contribution in [3.63, 3.8) is 0 Å². The van der Waals surface area contributed by atoms with Gasteiger partial charge in [0.25, 0.3) is 5.91 Å². The van der Waals surface area contributed by atoms with Gasteiger partial charge >= 0.3 is 0 Å². The highest BCUT2D eigenvalue weighted by Gasteiger charge is 2.15. The van der Waals surface area contributed by atoms with Crippen LogP contribution in [0.3, 0.4) is 0 Å². The fraction of sp³-hybridized carbons (Fsp3) is 0.0455. The first-order valence-electron chi connectivity index (χ1n) is 9.08. The van der Waals surface area contributed by atoms with Gasteiger partial charge in [-0.1, -0.05) is 17.7 Å². The Labute approximate surface area is 186 Å². The van der Waals surface area contributed by atoms with Gasteiger partial charge < -0.3 is 14.8 Å². The second-order valence-electron chi connectivity index (χ2n) is 6.75. The van der Waals surface area contributed by atoms with Crippen molar-refractivity contribution in [2.24, 2.45) is 0 Å². The van der Waals surface area contributed by atoms with Crippen LogP contribution in [0.2, 0.25) is 5.02 Å². The minimum atomic E-state index is -0.592. The molecule has 0 atom stereocenters. The Hall–Kier alpha value is -3.49. The summed E-state index contributed by atoms with van der Waals surface area (Å²) in [4.78, 5) is 16.7. The number of carbonyl (C=O) groups excluding carboxylic acids is 1. The quantitative estimate of drug-likeness (QED) is 0.357. The zero-order chi connectivity index (χ0) is 22.1. The van der Waals surface area contributed by atoms with Crippen LogP contribution in [0, 0.1) is 12.7 Å². The highest BCUT2D eigenvalue weighted by Crippen LogP contribution is 2.33. The Morgan fingerprint density at radius 3 is 2.71 bits per heavy atom. The summed E-state index contributed by atoms with van der Waals surface area (Å²) in [5.41, 5.74) is 3.28. The van der Waals surface area contributed by atoms with E-state index in [9.17, 15) is 14.3 Å². The largest absolute Gasteiger partial charge is 0.507 e. The Morgan fingerprint density at radius 2 is 1.97 bits per heavy atom.